The van der Waals surface area contributed by atoms with Crippen molar-refractivity contribution in [1.29, 1.82) is 0 Å². The van der Waals surface area contributed by atoms with Gasteiger partial charge in [-0.2, -0.15) is 0 Å². The van der Waals surface area contributed by atoms with Crippen molar-refractivity contribution in [2.45, 2.75) is 39.3 Å². The van der Waals surface area contributed by atoms with Gasteiger partial charge in [-0.05, 0) is 19.4 Å². The van der Waals surface area contributed by atoms with Crippen molar-refractivity contribution in [2.75, 3.05) is 31.7 Å². The number of methoxy groups -OCH3 is 1. The first-order chi connectivity index (χ1) is 12.8. The quantitative estimate of drug-likeness (QED) is 0.664. The topological polar surface area (TPSA) is 84.0 Å². The second-order valence-corrected chi connectivity index (χ2v) is 8.97. The first-order valence-electron chi connectivity index (χ1n) is 9.14. The maximum Gasteiger partial charge on any atom is 0.224 e. The molecule has 1 aliphatic heterocycles. The van der Waals surface area contributed by atoms with Crippen LogP contribution in [0.2, 0.25) is 0 Å². The molecule has 0 aromatic heterocycles. The predicted molar refractivity (Wildman–Crippen MR) is 103 cm³/mol. The van der Waals surface area contributed by atoms with Crippen LogP contribution in [0.5, 0.6) is 5.75 Å². The number of carbonyl (C=O) groups excluding carboxylic acids is 2. The number of sulfone groups is 1. The van der Waals surface area contributed by atoms with Gasteiger partial charge in [0.1, 0.15) is 5.75 Å². The summed E-state index contributed by atoms with van der Waals surface area (Å²) in [6.07, 6.45) is 0.651. The molecule has 1 heterocycles. The second kappa shape index (κ2) is 9.21. The molecule has 1 unspecified atom stereocenters. The molecule has 0 radical (unpaired) electrons. The maximum absolute atomic E-state index is 12.6. The molecule has 1 aromatic carbocycles. The van der Waals surface area contributed by atoms with Crippen LogP contribution in [0, 0.1) is 0 Å². The Morgan fingerprint density at radius 2 is 1.96 bits per heavy atom. The Balaban J connectivity index is 2.00. The van der Waals surface area contributed by atoms with Crippen molar-refractivity contribution in [3.05, 3.63) is 29.8 Å². The standard InChI is InChI=1S/C19H28N2O5S/c1-4-21(17-10-12-27(24,25)14-17)19(23)9-11-20(15(2)22)13-16-7-5-6-8-18(16)26-3/h5-8,17H,4,9-14H2,1-3H3. The molecule has 1 fully saturated rings. The highest BCUT2D eigenvalue weighted by molar-refractivity contribution is 7.91. The van der Waals surface area contributed by atoms with E-state index >= 15 is 0 Å². The summed E-state index contributed by atoms with van der Waals surface area (Å²) < 4.78 is 28.7. The molecule has 27 heavy (non-hydrogen) atoms. The summed E-state index contributed by atoms with van der Waals surface area (Å²) in [5.74, 6) is 0.617. The monoisotopic (exact) mass is 396 g/mol. The van der Waals surface area contributed by atoms with Crippen molar-refractivity contribution in [1.82, 2.24) is 9.80 Å². The van der Waals surface area contributed by atoms with Gasteiger partial charge in [0.25, 0.3) is 0 Å². The smallest absolute Gasteiger partial charge is 0.224 e. The van der Waals surface area contributed by atoms with Gasteiger partial charge in [0.05, 0.1) is 18.6 Å². The molecule has 0 bridgehead atoms. The minimum Gasteiger partial charge on any atom is -0.496 e. The molecule has 0 aliphatic carbocycles. The van der Waals surface area contributed by atoms with E-state index in [1.165, 1.54) is 6.92 Å². The largest absolute Gasteiger partial charge is 0.496 e. The zero-order valence-electron chi connectivity index (χ0n) is 16.2. The Morgan fingerprint density at radius 3 is 2.52 bits per heavy atom. The highest BCUT2D eigenvalue weighted by atomic mass is 32.2. The molecule has 1 aliphatic rings. The van der Waals surface area contributed by atoms with Crippen molar-refractivity contribution >= 4 is 21.7 Å². The van der Waals surface area contributed by atoms with Gasteiger partial charge in [-0.25, -0.2) is 8.42 Å². The van der Waals surface area contributed by atoms with E-state index in [1.807, 2.05) is 31.2 Å². The molecule has 8 heteroatoms. The van der Waals surface area contributed by atoms with E-state index in [9.17, 15) is 18.0 Å². The molecule has 1 atom stereocenters. The molecule has 2 rings (SSSR count). The third-order valence-corrected chi connectivity index (χ3v) is 6.66. The fraction of sp³-hybridized carbons (Fsp3) is 0.579. The van der Waals surface area contributed by atoms with Gasteiger partial charge < -0.3 is 14.5 Å². The van der Waals surface area contributed by atoms with Crippen molar-refractivity contribution in [2.24, 2.45) is 0 Å². The molecule has 1 saturated heterocycles. The average Bonchev–Trinajstić information content (AvgIpc) is 2.98. The van der Waals surface area contributed by atoms with Gasteiger partial charge >= 0.3 is 0 Å². The van der Waals surface area contributed by atoms with Gasteiger partial charge in [-0.15, -0.1) is 0 Å². The SMILES string of the molecule is CCN(C(=O)CCN(Cc1ccccc1OC)C(C)=O)C1CCS(=O)(=O)C1. The average molecular weight is 397 g/mol. The minimum atomic E-state index is -3.05. The molecule has 1 aromatic rings. The van der Waals surface area contributed by atoms with Crippen LogP contribution in [0.25, 0.3) is 0 Å². The number of nitrogens with zero attached hydrogens (tertiary/aromatic N) is 2. The van der Waals surface area contributed by atoms with Crippen LogP contribution >= 0.6 is 0 Å². The molecule has 150 valence electrons. The summed E-state index contributed by atoms with van der Waals surface area (Å²) in [6.45, 7) is 4.42. The highest BCUT2D eigenvalue weighted by Crippen LogP contribution is 2.21. The number of hydrogen-bond acceptors (Lipinski definition) is 5. The maximum atomic E-state index is 12.6. The van der Waals surface area contributed by atoms with E-state index in [4.69, 9.17) is 4.74 Å². The lowest BCUT2D eigenvalue weighted by atomic mass is 10.1. The zero-order chi connectivity index (χ0) is 20.0. The van der Waals surface area contributed by atoms with Crippen LogP contribution in [0.3, 0.4) is 0 Å². The van der Waals surface area contributed by atoms with Crippen LogP contribution in [-0.4, -0.2) is 67.8 Å². The third kappa shape index (κ3) is 5.69. The normalized spacial score (nSPS) is 18.1. The lowest BCUT2D eigenvalue weighted by Gasteiger charge is -2.28. The molecule has 7 nitrogen and oxygen atoms in total. The highest BCUT2D eigenvalue weighted by Gasteiger charge is 2.33. The van der Waals surface area contributed by atoms with E-state index in [-0.39, 0.29) is 42.3 Å². The number of carbonyl (C=O) groups is 2. The lowest BCUT2D eigenvalue weighted by molar-refractivity contribution is -0.134. The van der Waals surface area contributed by atoms with Gasteiger partial charge in [0.15, 0.2) is 9.84 Å². The van der Waals surface area contributed by atoms with Gasteiger partial charge in [0, 0.05) is 44.6 Å². The van der Waals surface area contributed by atoms with E-state index in [1.54, 1.807) is 16.9 Å². The number of para-hydroxylation sites is 1. The Labute approximate surface area is 161 Å². The summed E-state index contributed by atoms with van der Waals surface area (Å²) >= 11 is 0. The summed E-state index contributed by atoms with van der Waals surface area (Å²) in [4.78, 5) is 27.9. The van der Waals surface area contributed by atoms with Crippen molar-refractivity contribution < 1.29 is 22.7 Å². The fourth-order valence-electron chi connectivity index (χ4n) is 3.42. The van der Waals surface area contributed by atoms with E-state index in [0.29, 0.717) is 25.3 Å². The van der Waals surface area contributed by atoms with Crippen molar-refractivity contribution in [3.8, 4) is 5.75 Å². The summed E-state index contributed by atoms with van der Waals surface area (Å²) in [5, 5.41) is 0. The van der Waals surface area contributed by atoms with Crippen LogP contribution in [0.15, 0.2) is 24.3 Å². The molecule has 2 amide bonds. The van der Waals surface area contributed by atoms with Gasteiger partial charge in [-0.1, -0.05) is 18.2 Å². The number of amides is 2. The number of ether oxygens (including phenoxy) is 1. The van der Waals surface area contributed by atoms with Crippen LogP contribution < -0.4 is 4.74 Å². The Bertz CT molecular complexity index is 778. The van der Waals surface area contributed by atoms with Crippen LogP contribution in [0.1, 0.15) is 32.3 Å². The molecular weight excluding hydrogens is 368 g/mol. The van der Waals surface area contributed by atoms with E-state index < -0.39 is 9.84 Å². The molecule has 0 spiro atoms. The third-order valence-electron chi connectivity index (χ3n) is 4.90. The number of hydrogen-bond donors (Lipinski definition) is 0. The molecule has 0 N–H and O–H groups in total. The summed E-state index contributed by atoms with van der Waals surface area (Å²) in [6, 6.07) is 7.20. The van der Waals surface area contributed by atoms with Crippen LogP contribution in [0.4, 0.5) is 0 Å². The minimum absolute atomic E-state index is 0.0320. The van der Waals surface area contributed by atoms with E-state index in [0.717, 1.165) is 5.56 Å². The lowest BCUT2D eigenvalue weighted by Crippen LogP contribution is -2.42. The molecule has 0 saturated carbocycles. The number of benzene rings is 1. The molecular formula is C19H28N2O5S. The van der Waals surface area contributed by atoms with Gasteiger partial charge in [0.2, 0.25) is 11.8 Å². The zero-order valence-corrected chi connectivity index (χ0v) is 17.0. The number of rotatable bonds is 8. The Kier molecular flexibility index (Phi) is 7.24. The summed E-state index contributed by atoms with van der Waals surface area (Å²) in [7, 11) is -1.47. The first kappa shape index (κ1) is 21.2. The van der Waals surface area contributed by atoms with Crippen molar-refractivity contribution in [3.63, 3.8) is 0 Å². The Morgan fingerprint density at radius 1 is 1.26 bits per heavy atom. The van der Waals surface area contributed by atoms with Crippen LogP contribution in [-0.2, 0) is 26.0 Å². The first-order valence-corrected chi connectivity index (χ1v) is 11.0. The van der Waals surface area contributed by atoms with Gasteiger partial charge in [-0.3, -0.25) is 9.59 Å². The summed E-state index contributed by atoms with van der Waals surface area (Å²) in [5.41, 5.74) is 0.872. The Hall–Kier alpha value is -2.09. The van der Waals surface area contributed by atoms with E-state index in [2.05, 4.69) is 0 Å². The predicted octanol–water partition coefficient (Wildman–Crippen LogP) is 1.47. The second-order valence-electron chi connectivity index (χ2n) is 6.74. The fourth-order valence-corrected chi connectivity index (χ4v) is 5.15.